The summed E-state index contributed by atoms with van der Waals surface area (Å²) >= 11 is 10.8. The highest BCUT2D eigenvalue weighted by molar-refractivity contribution is 9.10. The number of aromatic nitrogens is 1. The molecule has 5 heteroatoms. The summed E-state index contributed by atoms with van der Waals surface area (Å²) in [5.41, 5.74) is 1.19. The van der Waals surface area contributed by atoms with Crippen LogP contribution in [0.3, 0.4) is 0 Å². The summed E-state index contributed by atoms with van der Waals surface area (Å²) < 4.78 is 1.02. The lowest BCUT2D eigenvalue weighted by atomic mass is 10.2. The summed E-state index contributed by atoms with van der Waals surface area (Å²) in [6.07, 6.45) is 0. The second-order valence-corrected chi connectivity index (χ2v) is 4.96. The number of nitrogens with zero attached hydrogens (tertiary/aromatic N) is 2. The van der Waals surface area contributed by atoms with Gasteiger partial charge in [0.15, 0.2) is 0 Å². The fourth-order valence-electron chi connectivity index (χ4n) is 1.10. The summed E-state index contributed by atoms with van der Waals surface area (Å²) in [5, 5.41) is 10.9. The van der Waals surface area contributed by atoms with E-state index in [2.05, 4.69) is 20.9 Å². The monoisotopic (exact) mass is 298 g/mol. The Kier molecular flexibility index (Phi) is 3.06. The van der Waals surface area contributed by atoms with Crippen molar-refractivity contribution in [2.75, 3.05) is 0 Å². The van der Waals surface area contributed by atoms with E-state index in [9.17, 15) is 0 Å². The van der Waals surface area contributed by atoms with Crippen molar-refractivity contribution in [1.82, 2.24) is 4.98 Å². The molecule has 0 radical (unpaired) electrons. The topological polar surface area (TPSA) is 36.7 Å². The summed E-state index contributed by atoms with van der Waals surface area (Å²) in [7, 11) is 0. The normalized spacial score (nSPS) is 9.93. The van der Waals surface area contributed by atoms with Crippen molar-refractivity contribution in [3.05, 3.63) is 38.8 Å². The molecule has 0 aliphatic rings. The first-order chi connectivity index (χ1) is 7.20. The molecular formula is C10H4BrClN2S. The quantitative estimate of drug-likeness (QED) is 0.743. The van der Waals surface area contributed by atoms with Gasteiger partial charge >= 0.3 is 0 Å². The molecule has 0 N–H and O–H groups in total. The first-order valence-electron chi connectivity index (χ1n) is 4.02. The van der Waals surface area contributed by atoms with Gasteiger partial charge in [-0.2, -0.15) is 5.26 Å². The van der Waals surface area contributed by atoms with Crippen LogP contribution >= 0.6 is 38.9 Å². The minimum atomic E-state index is 0.250. The van der Waals surface area contributed by atoms with Crippen LogP contribution in [-0.4, -0.2) is 4.98 Å². The molecule has 74 valence electrons. The molecule has 0 atom stereocenters. The van der Waals surface area contributed by atoms with Gasteiger partial charge in [0.25, 0.3) is 0 Å². The molecule has 0 fully saturated rings. The molecule has 2 heterocycles. The Morgan fingerprint density at radius 3 is 2.80 bits per heavy atom. The lowest BCUT2D eigenvalue weighted by Gasteiger charge is -1.98. The van der Waals surface area contributed by atoms with E-state index in [4.69, 9.17) is 16.9 Å². The fraction of sp³-hybridized carbons (Fsp3) is 0. The molecule has 0 saturated carbocycles. The summed E-state index contributed by atoms with van der Waals surface area (Å²) in [4.78, 5) is 5.18. The zero-order valence-electron chi connectivity index (χ0n) is 7.37. The Balaban J connectivity index is 2.48. The third-order valence-corrected chi connectivity index (χ3v) is 3.79. The molecule has 0 aliphatic heterocycles. The minimum absolute atomic E-state index is 0.250. The average molecular weight is 300 g/mol. The predicted molar refractivity (Wildman–Crippen MR) is 65.0 cm³/mol. The molecule has 0 saturated heterocycles. The van der Waals surface area contributed by atoms with Crippen LogP contribution in [0.25, 0.3) is 10.6 Å². The second kappa shape index (κ2) is 4.31. The van der Waals surface area contributed by atoms with Gasteiger partial charge in [-0.05, 0) is 34.1 Å². The van der Waals surface area contributed by atoms with E-state index in [-0.39, 0.29) is 5.15 Å². The first kappa shape index (κ1) is 10.6. The molecule has 15 heavy (non-hydrogen) atoms. The van der Waals surface area contributed by atoms with E-state index < -0.39 is 0 Å². The summed E-state index contributed by atoms with van der Waals surface area (Å²) in [6, 6.07) is 7.42. The molecule has 0 aliphatic carbocycles. The molecule has 2 nitrogen and oxygen atoms in total. The highest BCUT2D eigenvalue weighted by Gasteiger charge is 2.06. The standard InChI is InChI=1S/C10H4BrClN2S/c11-7-3-9(15-5-7)8-2-1-6(4-13)10(12)14-8/h1-3,5H. The molecule has 0 aromatic carbocycles. The van der Waals surface area contributed by atoms with Crippen molar-refractivity contribution in [2.24, 2.45) is 0 Å². The maximum absolute atomic E-state index is 8.70. The summed E-state index contributed by atoms with van der Waals surface area (Å²) in [6.45, 7) is 0. The Labute approximate surface area is 104 Å². The van der Waals surface area contributed by atoms with Crippen molar-refractivity contribution >= 4 is 38.9 Å². The smallest absolute Gasteiger partial charge is 0.147 e. The molecule has 2 aromatic rings. The van der Waals surface area contributed by atoms with Crippen molar-refractivity contribution in [3.63, 3.8) is 0 Å². The van der Waals surface area contributed by atoms with Crippen LogP contribution in [0.15, 0.2) is 28.1 Å². The molecule has 0 amide bonds. The molecule has 2 aromatic heterocycles. The van der Waals surface area contributed by atoms with Gasteiger partial charge in [0.1, 0.15) is 11.2 Å². The Hall–Kier alpha value is -0.890. The van der Waals surface area contributed by atoms with E-state index in [0.29, 0.717) is 5.56 Å². The van der Waals surface area contributed by atoms with Gasteiger partial charge in [-0.25, -0.2) is 4.98 Å². The highest BCUT2D eigenvalue weighted by Crippen LogP contribution is 2.29. The van der Waals surface area contributed by atoms with E-state index in [1.807, 2.05) is 17.5 Å². The number of rotatable bonds is 1. The average Bonchev–Trinajstić information content (AvgIpc) is 2.65. The van der Waals surface area contributed by atoms with Gasteiger partial charge in [-0.3, -0.25) is 0 Å². The van der Waals surface area contributed by atoms with Gasteiger partial charge in [-0.15, -0.1) is 11.3 Å². The zero-order valence-corrected chi connectivity index (χ0v) is 10.5. The Morgan fingerprint density at radius 2 is 2.27 bits per heavy atom. The minimum Gasteiger partial charge on any atom is -0.234 e. The molecule has 0 bridgehead atoms. The third kappa shape index (κ3) is 2.20. The van der Waals surface area contributed by atoms with Crippen LogP contribution < -0.4 is 0 Å². The number of pyridine rings is 1. The SMILES string of the molecule is N#Cc1ccc(-c2cc(Br)cs2)nc1Cl. The summed E-state index contributed by atoms with van der Waals surface area (Å²) in [5.74, 6) is 0. The molecule has 2 rings (SSSR count). The Morgan fingerprint density at radius 1 is 1.47 bits per heavy atom. The maximum Gasteiger partial charge on any atom is 0.147 e. The van der Waals surface area contributed by atoms with Crippen LogP contribution in [0.2, 0.25) is 5.15 Å². The Bertz CT molecular complexity index is 545. The molecular weight excluding hydrogens is 296 g/mol. The van der Waals surface area contributed by atoms with Gasteiger partial charge in [0.05, 0.1) is 16.1 Å². The van der Waals surface area contributed by atoms with Crippen molar-refractivity contribution in [1.29, 1.82) is 5.26 Å². The fourth-order valence-corrected chi connectivity index (χ4v) is 2.70. The van der Waals surface area contributed by atoms with Crippen LogP contribution in [0.5, 0.6) is 0 Å². The van der Waals surface area contributed by atoms with Crippen LogP contribution in [-0.2, 0) is 0 Å². The van der Waals surface area contributed by atoms with Crippen LogP contribution in [0, 0.1) is 11.3 Å². The van der Waals surface area contributed by atoms with Crippen molar-refractivity contribution < 1.29 is 0 Å². The predicted octanol–water partition coefficient (Wildman–Crippen LogP) is 4.10. The third-order valence-electron chi connectivity index (χ3n) is 1.79. The van der Waals surface area contributed by atoms with E-state index in [0.717, 1.165) is 15.0 Å². The number of thiophene rings is 1. The van der Waals surface area contributed by atoms with Crippen LogP contribution in [0.1, 0.15) is 5.56 Å². The van der Waals surface area contributed by atoms with Crippen molar-refractivity contribution in [3.8, 4) is 16.6 Å². The first-order valence-corrected chi connectivity index (χ1v) is 6.07. The van der Waals surface area contributed by atoms with E-state index in [1.165, 1.54) is 0 Å². The maximum atomic E-state index is 8.70. The zero-order chi connectivity index (χ0) is 10.8. The second-order valence-electron chi connectivity index (χ2n) is 2.78. The van der Waals surface area contributed by atoms with Crippen LogP contribution in [0.4, 0.5) is 0 Å². The van der Waals surface area contributed by atoms with Gasteiger partial charge < -0.3 is 0 Å². The number of halogens is 2. The number of hydrogen-bond acceptors (Lipinski definition) is 3. The highest BCUT2D eigenvalue weighted by atomic mass is 79.9. The number of hydrogen-bond donors (Lipinski definition) is 0. The van der Waals surface area contributed by atoms with E-state index in [1.54, 1.807) is 23.5 Å². The van der Waals surface area contributed by atoms with Gasteiger partial charge in [0, 0.05) is 9.85 Å². The van der Waals surface area contributed by atoms with E-state index >= 15 is 0 Å². The van der Waals surface area contributed by atoms with Gasteiger partial charge in [-0.1, -0.05) is 11.6 Å². The van der Waals surface area contributed by atoms with Gasteiger partial charge in [0.2, 0.25) is 0 Å². The van der Waals surface area contributed by atoms with Crippen molar-refractivity contribution in [2.45, 2.75) is 0 Å². The molecule has 0 unspecified atom stereocenters. The lowest BCUT2D eigenvalue weighted by Crippen LogP contribution is -1.85. The lowest BCUT2D eigenvalue weighted by molar-refractivity contribution is 1.31. The number of nitriles is 1. The largest absolute Gasteiger partial charge is 0.234 e. The molecule has 0 spiro atoms.